The number of halogens is 1. The van der Waals surface area contributed by atoms with Gasteiger partial charge in [-0.05, 0) is 54.3 Å². The number of benzene rings is 2. The molecule has 1 amide bonds. The number of carbonyl (C=O) groups excluding carboxylic acids is 1. The van der Waals surface area contributed by atoms with Gasteiger partial charge in [0, 0.05) is 16.5 Å². The Hall–Kier alpha value is -1.69. The molecule has 0 unspecified atom stereocenters. The molecule has 4 nitrogen and oxygen atoms in total. The molecular weight excluding hydrogens is 308 g/mol. The number of carbonyl (C=O) groups is 1. The molecule has 2 aromatic carbocycles. The molecule has 0 aliphatic rings. The molecule has 0 aromatic heterocycles. The van der Waals surface area contributed by atoms with E-state index in [-0.39, 0.29) is 17.2 Å². The Kier molecular flexibility index (Phi) is 5.50. The topological polar surface area (TPSA) is 75.3 Å². The Morgan fingerprint density at radius 2 is 1.95 bits per heavy atom. The van der Waals surface area contributed by atoms with Crippen LogP contribution in [0, 0.1) is 0 Å². The molecule has 0 aliphatic heterocycles. The molecule has 2 rings (SSSR count). The van der Waals surface area contributed by atoms with Gasteiger partial charge in [-0.25, -0.2) is 0 Å². The Balaban J connectivity index is 1.90. The molecule has 0 radical (unpaired) electrons. The fourth-order valence-corrected chi connectivity index (χ4v) is 2.31. The van der Waals surface area contributed by atoms with E-state index in [1.165, 1.54) is 30.1 Å². The van der Waals surface area contributed by atoms with Crippen molar-refractivity contribution in [3.63, 3.8) is 0 Å². The first kappa shape index (κ1) is 15.7. The molecule has 0 atom stereocenters. The zero-order valence-electron chi connectivity index (χ0n) is 11.2. The van der Waals surface area contributed by atoms with Crippen molar-refractivity contribution in [2.75, 3.05) is 6.54 Å². The van der Waals surface area contributed by atoms with Crippen LogP contribution in [0.15, 0.2) is 47.4 Å². The molecule has 0 saturated heterocycles. The van der Waals surface area contributed by atoms with Crippen LogP contribution in [-0.2, 0) is 6.42 Å². The number of nitrogens with one attached hydrogen (secondary N) is 1. The fourth-order valence-electron chi connectivity index (χ4n) is 1.84. The van der Waals surface area contributed by atoms with Crippen molar-refractivity contribution in [3.8, 4) is 5.75 Å². The van der Waals surface area contributed by atoms with E-state index >= 15 is 0 Å². The van der Waals surface area contributed by atoms with Gasteiger partial charge >= 0.3 is 0 Å². The Morgan fingerprint density at radius 1 is 1.24 bits per heavy atom. The van der Waals surface area contributed by atoms with Crippen LogP contribution in [-0.4, -0.2) is 17.6 Å². The van der Waals surface area contributed by atoms with E-state index in [1.807, 2.05) is 24.3 Å². The highest BCUT2D eigenvalue weighted by molar-refractivity contribution is 7.97. The van der Waals surface area contributed by atoms with Gasteiger partial charge < -0.3 is 10.4 Å². The molecule has 0 heterocycles. The number of amides is 1. The number of nitrogens with two attached hydrogens (primary N) is 1. The number of hydrogen-bond donors (Lipinski definition) is 3. The minimum atomic E-state index is -0.343. The maximum absolute atomic E-state index is 12.0. The van der Waals surface area contributed by atoms with Gasteiger partial charge in [0.15, 0.2) is 0 Å². The molecule has 6 heteroatoms. The summed E-state index contributed by atoms with van der Waals surface area (Å²) < 4.78 is 0. The van der Waals surface area contributed by atoms with Gasteiger partial charge in [-0.3, -0.25) is 9.93 Å². The van der Waals surface area contributed by atoms with Gasteiger partial charge in [-0.2, -0.15) is 0 Å². The van der Waals surface area contributed by atoms with Crippen molar-refractivity contribution in [2.24, 2.45) is 5.14 Å². The van der Waals surface area contributed by atoms with Crippen LogP contribution in [0.1, 0.15) is 15.9 Å². The summed E-state index contributed by atoms with van der Waals surface area (Å²) in [5, 5.41) is 18.3. The average Bonchev–Trinajstić information content (AvgIpc) is 2.50. The third kappa shape index (κ3) is 4.39. The van der Waals surface area contributed by atoms with Crippen LogP contribution >= 0.6 is 23.5 Å². The van der Waals surface area contributed by atoms with E-state index in [1.54, 1.807) is 0 Å². The largest absolute Gasteiger partial charge is 0.507 e. The van der Waals surface area contributed by atoms with Gasteiger partial charge in [0.2, 0.25) is 0 Å². The molecule has 0 spiro atoms. The highest BCUT2D eigenvalue weighted by Gasteiger charge is 2.11. The van der Waals surface area contributed by atoms with Gasteiger partial charge in [-0.1, -0.05) is 23.7 Å². The molecule has 4 N–H and O–H groups in total. The molecular formula is C15H15ClN2O2S. The van der Waals surface area contributed by atoms with Crippen LogP contribution in [0.25, 0.3) is 0 Å². The first-order valence-electron chi connectivity index (χ1n) is 6.32. The van der Waals surface area contributed by atoms with Gasteiger partial charge in [0.1, 0.15) is 5.75 Å². The van der Waals surface area contributed by atoms with Crippen molar-refractivity contribution >= 4 is 29.5 Å². The molecule has 110 valence electrons. The van der Waals surface area contributed by atoms with Crippen molar-refractivity contribution in [2.45, 2.75) is 11.3 Å². The predicted octanol–water partition coefficient (Wildman–Crippen LogP) is 2.98. The monoisotopic (exact) mass is 322 g/mol. The van der Waals surface area contributed by atoms with Gasteiger partial charge in [-0.15, -0.1) is 0 Å². The van der Waals surface area contributed by atoms with Crippen molar-refractivity contribution in [1.29, 1.82) is 0 Å². The summed E-state index contributed by atoms with van der Waals surface area (Å²) in [5.41, 5.74) is 1.28. The SMILES string of the molecule is NSc1ccc(CCNC(=O)c2cc(Cl)ccc2O)cc1. The van der Waals surface area contributed by atoms with Gasteiger partial charge in [0.25, 0.3) is 5.91 Å². The smallest absolute Gasteiger partial charge is 0.255 e. The van der Waals surface area contributed by atoms with E-state index in [2.05, 4.69) is 5.32 Å². The maximum atomic E-state index is 12.0. The summed E-state index contributed by atoms with van der Waals surface area (Å²) in [6.07, 6.45) is 0.697. The Labute approximate surface area is 132 Å². The molecule has 21 heavy (non-hydrogen) atoms. The molecule has 2 aromatic rings. The first-order valence-corrected chi connectivity index (χ1v) is 7.58. The predicted molar refractivity (Wildman–Crippen MR) is 85.6 cm³/mol. The summed E-state index contributed by atoms with van der Waals surface area (Å²) in [6, 6.07) is 12.2. The molecule has 0 aliphatic carbocycles. The number of aromatic hydroxyl groups is 1. The van der Waals surface area contributed by atoms with Crippen LogP contribution in [0.3, 0.4) is 0 Å². The quantitative estimate of drug-likeness (QED) is 0.740. The average molecular weight is 323 g/mol. The zero-order chi connectivity index (χ0) is 15.2. The van der Waals surface area contributed by atoms with Crippen molar-refractivity contribution < 1.29 is 9.90 Å². The third-order valence-corrected chi connectivity index (χ3v) is 3.74. The van der Waals surface area contributed by atoms with Crippen LogP contribution in [0.4, 0.5) is 0 Å². The summed E-state index contributed by atoms with van der Waals surface area (Å²) in [7, 11) is 0. The second-order valence-corrected chi connectivity index (χ2v) is 5.57. The molecule has 0 fully saturated rings. The van der Waals surface area contributed by atoms with Gasteiger partial charge in [0.05, 0.1) is 5.56 Å². The maximum Gasteiger partial charge on any atom is 0.255 e. The number of rotatable bonds is 5. The minimum absolute atomic E-state index is 0.0822. The van der Waals surface area contributed by atoms with Crippen LogP contribution in [0.2, 0.25) is 5.02 Å². The minimum Gasteiger partial charge on any atom is -0.507 e. The second-order valence-electron chi connectivity index (χ2n) is 4.43. The van der Waals surface area contributed by atoms with E-state index < -0.39 is 0 Å². The summed E-state index contributed by atoms with van der Waals surface area (Å²) in [4.78, 5) is 13.0. The third-order valence-electron chi connectivity index (χ3n) is 2.96. The molecule has 0 bridgehead atoms. The van der Waals surface area contributed by atoms with E-state index in [4.69, 9.17) is 16.7 Å². The Bertz CT molecular complexity index is 632. The lowest BCUT2D eigenvalue weighted by Crippen LogP contribution is -2.25. The number of phenols is 1. The molecule has 0 saturated carbocycles. The lowest BCUT2D eigenvalue weighted by atomic mass is 10.1. The summed E-state index contributed by atoms with van der Waals surface area (Å²) >= 11 is 7.01. The van der Waals surface area contributed by atoms with Crippen molar-refractivity contribution in [1.82, 2.24) is 5.32 Å². The summed E-state index contributed by atoms with van der Waals surface area (Å²) in [5.74, 6) is -0.426. The standard InChI is InChI=1S/C15H15ClN2O2S/c16-11-3-6-14(19)13(9-11)15(20)18-8-7-10-1-4-12(21-17)5-2-10/h1-6,9,19H,7-8,17H2,(H,18,20). The second kappa shape index (κ2) is 7.36. The van der Waals surface area contributed by atoms with E-state index in [0.29, 0.717) is 18.0 Å². The normalized spacial score (nSPS) is 10.4. The fraction of sp³-hybridized carbons (Fsp3) is 0.133. The Morgan fingerprint density at radius 3 is 2.62 bits per heavy atom. The number of phenolic OH excluding ortho intramolecular Hbond substituents is 1. The zero-order valence-corrected chi connectivity index (χ0v) is 12.7. The van der Waals surface area contributed by atoms with Crippen molar-refractivity contribution in [3.05, 3.63) is 58.6 Å². The highest BCUT2D eigenvalue weighted by Crippen LogP contribution is 2.21. The lowest BCUT2D eigenvalue weighted by molar-refractivity contribution is 0.0951. The van der Waals surface area contributed by atoms with E-state index in [0.717, 1.165) is 10.5 Å². The number of hydrogen-bond acceptors (Lipinski definition) is 4. The van der Waals surface area contributed by atoms with Crippen LogP contribution in [0.5, 0.6) is 5.75 Å². The van der Waals surface area contributed by atoms with E-state index in [9.17, 15) is 9.90 Å². The summed E-state index contributed by atoms with van der Waals surface area (Å²) in [6.45, 7) is 0.472. The highest BCUT2D eigenvalue weighted by atomic mass is 35.5. The first-order chi connectivity index (χ1) is 10.1. The van der Waals surface area contributed by atoms with Crippen LogP contribution < -0.4 is 10.5 Å². The lowest BCUT2D eigenvalue weighted by Gasteiger charge is -2.07.